The van der Waals surface area contributed by atoms with E-state index >= 15 is 0 Å². The number of aromatic nitrogens is 1. The summed E-state index contributed by atoms with van der Waals surface area (Å²) in [6.07, 6.45) is 5.67. The standard InChI is InChI=1S/C20H22BrN3O/c21-18-5-3-17(4-6-18)20(7-8-20)19(25)24-12-10-23(11-13-24)15-16-2-1-9-22-14-16/h1-6,9,14H,7-8,10-13,15H2. The zero-order chi connectivity index (χ0) is 17.3. The summed E-state index contributed by atoms with van der Waals surface area (Å²) in [7, 11) is 0. The van der Waals surface area contributed by atoms with Gasteiger partial charge in [0.25, 0.3) is 0 Å². The summed E-state index contributed by atoms with van der Waals surface area (Å²) in [4.78, 5) is 21.8. The van der Waals surface area contributed by atoms with Crippen LogP contribution < -0.4 is 0 Å². The van der Waals surface area contributed by atoms with Gasteiger partial charge in [0, 0.05) is 49.6 Å². The molecule has 2 heterocycles. The first-order chi connectivity index (χ1) is 12.2. The van der Waals surface area contributed by atoms with Crippen LogP contribution in [-0.2, 0) is 16.8 Å². The maximum Gasteiger partial charge on any atom is 0.233 e. The average Bonchev–Trinajstić information content (AvgIpc) is 3.45. The molecular weight excluding hydrogens is 378 g/mol. The van der Waals surface area contributed by atoms with E-state index in [9.17, 15) is 4.79 Å². The second kappa shape index (κ2) is 6.89. The third kappa shape index (κ3) is 3.48. The number of amides is 1. The Hall–Kier alpha value is -1.72. The van der Waals surface area contributed by atoms with Gasteiger partial charge in [-0.05, 0) is 42.2 Å². The Morgan fingerprint density at radius 2 is 1.80 bits per heavy atom. The lowest BCUT2D eigenvalue weighted by Gasteiger charge is -2.36. The summed E-state index contributed by atoms with van der Waals surface area (Å²) >= 11 is 3.47. The molecule has 1 aliphatic heterocycles. The lowest BCUT2D eigenvalue weighted by atomic mass is 9.94. The van der Waals surface area contributed by atoms with E-state index < -0.39 is 0 Å². The molecule has 1 aliphatic carbocycles. The molecular formula is C20H22BrN3O. The van der Waals surface area contributed by atoms with Crippen LogP contribution in [0, 0.1) is 0 Å². The van der Waals surface area contributed by atoms with E-state index in [1.807, 2.05) is 24.4 Å². The molecule has 2 aromatic rings. The Morgan fingerprint density at radius 1 is 1.08 bits per heavy atom. The Kier molecular flexibility index (Phi) is 4.61. The quantitative estimate of drug-likeness (QED) is 0.791. The normalized spacial score (nSPS) is 19.6. The van der Waals surface area contributed by atoms with Gasteiger partial charge in [0.2, 0.25) is 5.91 Å². The van der Waals surface area contributed by atoms with Crippen LogP contribution in [0.1, 0.15) is 24.0 Å². The lowest BCUT2D eigenvalue weighted by molar-refractivity contribution is -0.135. The van der Waals surface area contributed by atoms with Gasteiger partial charge < -0.3 is 4.90 Å². The van der Waals surface area contributed by atoms with Gasteiger partial charge in [-0.25, -0.2) is 0 Å². The Morgan fingerprint density at radius 3 is 2.40 bits per heavy atom. The number of benzene rings is 1. The van der Waals surface area contributed by atoms with Gasteiger partial charge in [0.15, 0.2) is 0 Å². The summed E-state index contributed by atoms with van der Waals surface area (Å²) in [5, 5.41) is 0. The van der Waals surface area contributed by atoms with E-state index in [4.69, 9.17) is 0 Å². The molecule has 1 amide bonds. The van der Waals surface area contributed by atoms with Crippen molar-refractivity contribution < 1.29 is 4.79 Å². The SMILES string of the molecule is O=C(N1CCN(Cc2cccnc2)CC1)C1(c2ccc(Br)cc2)CC1. The van der Waals surface area contributed by atoms with Crippen LogP contribution >= 0.6 is 15.9 Å². The first-order valence-electron chi connectivity index (χ1n) is 8.84. The number of carbonyl (C=O) groups excluding carboxylic acids is 1. The molecule has 1 saturated heterocycles. The van der Waals surface area contributed by atoms with Crippen LogP contribution in [0.4, 0.5) is 0 Å². The Balaban J connectivity index is 1.37. The number of hydrogen-bond acceptors (Lipinski definition) is 3. The number of carbonyl (C=O) groups is 1. The molecule has 2 fully saturated rings. The highest BCUT2D eigenvalue weighted by atomic mass is 79.9. The third-order valence-electron chi connectivity index (χ3n) is 5.34. The van der Waals surface area contributed by atoms with Crippen LogP contribution in [0.2, 0.25) is 0 Å². The summed E-state index contributed by atoms with van der Waals surface area (Å²) in [6.45, 7) is 4.40. The van der Waals surface area contributed by atoms with E-state index in [1.165, 1.54) is 11.1 Å². The predicted octanol–water partition coefficient (Wildman–Crippen LogP) is 3.22. The van der Waals surface area contributed by atoms with Crippen molar-refractivity contribution in [3.05, 3.63) is 64.4 Å². The van der Waals surface area contributed by atoms with E-state index in [0.29, 0.717) is 5.91 Å². The van der Waals surface area contributed by atoms with E-state index in [-0.39, 0.29) is 5.41 Å². The van der Waals surface area contributed by atoms with Gasteiger partial charge in [0.1, 0.15) is 0 Å². The number of halogens is 1. The number of hydrogen-bond donors (Lipinski definition) is 0. The van der Waals surface area contributed by atoms with Crippen LogP contribution in [0.25, 0.3) is 0 Å². The second-order valence-electron chi connectivity index (χ2n) is 7.02. The van der Waals surface area contributed by atoms with Gasteiger partial charge in [-0.3, -0.25) is 14.7 Å². The number of piperazine rings is 1. The maximum atomic E-state index is 13.1. The molecule has 4 rings (SSSR count). The van der Waals surface area contributed by atoms with Gasteiger partial charge in [-0.15, -0.1) is 0 Å². The second-order valence-corrected chi connectivity index (χ2v) is 7.93. The van der Waals surface area contributed by atoms with Crippen LogP contribution in [0.15, 0.2) is 53.3 Å². The summed E-state index contributed by atoms with van der Waals surface area (Å²) < 4.78 is 1.06. The monoisotopic (exact) mass is 399 g/mol. The number of pyridine rings is 1. The minimum absolute atomic E-state index is 0.258. The third-order valence-corrected chi connectivity index (χ3v) is 5.87. The minimum atomic E-state index is -0.258. The Labute approximate surface area is 157 Å². The van der Waals surface area contributed by atoms with Gasteiger partial charge in [0.05, 0.1) is 5.41 Å². The molecule has 1 saturated carbocycles. The molecule has 130 valence electrons. The van der Waals surface area contributed by atoms with E-state index in [0.717, 1.165) is 50.0 Å². The Bertz CT molecular complexity index is 735. The van der Waals surface area contributed by atoms with Crippen molar-refractivity contribution in [1.29, 1.82) is 0 Å². The molecule has 1 aromatic carbocycles. The van der Waals surface area contributed by atoms with Crippen LogP contribution in [-0.4, -0.2) is 46.9 Å². The zero-order valence-corrected chi connectivity index (χ0v) is 15.8. The van der Waals surface area contributed by atoms with Gasteiger partial charge in [-0.1, -0.05) is 34.1 Å². The summed E-state index contributed by atoms with van der Waals surface area (Å²) in [5.41, 5.74) is 2.14. The first-order valence-corrected chi connectivity index (χ1v) is 9.63. The molecule has 0 bridgehead atoms. The number of rotatable bonds is 4. The molecule has 0 spiro atoms. The van der Waals surface area contributed by atoms with Gasteiger partial charge >= 0.3 is 0 Å². The van der Waals surface area contributed by atoms with E-state index in [2.05, 4.69) is 48.9 Å². The fourth-order valence-electron chi connectivity index (χ4n) is 3.68. The van der Waals surface area contributed by atoms with E-state index in [1.54, 1.807) is 6.20 Å². The lowest BCUT2D eigenvalue weighted by Crippen LogP contribution is -2.51. The average molecular weight is 400 g/mol. The molecule has 0 atom stereocenters. The summed E-state index contributed by atoms with van der Waals surface area (Å²) in [5.74, 6) is 0.316. The van der Waals surface area contributed by atoms with Crippen molar-refractivity contribution in [2.24, 2.45) is 0 Å². The molecule has 5 heteroatoms. The molecule has 4 nitrogen and oxygen atoms in total. The maximum absolute atomic E-state index is 13.1. The smallest absolute Gasteiger partial charge is 0.233 e. The fourth-order valence-corrected chi connectivity index (χ4v) is 3.95. The molecule has 0 unspecified atom stereocenters. The minimum Gasteiger partial charge on any atom is -0.339 e. The first kappa shape index (κ1) is 16.7. The van der Waals surface area contributed by atoms with Crippen molar-refractivity contribution >= 4 is 21.8 Å². The number of nitrogens with zero attached hydrogens (tertiary/aromatic N) is 3. The highest BCUT2D eigenvalue weighted by molar-refractivity contribution is 9.10. The fraction of sp³-hybridized carbons (Fsp3) is 0.400. The molecule has 1 aromatic heterocycles. The van der Waals surface area contributed by atoms with Crippen LogP contribution in [0.3, 0.4) is 0 Å². The topological polar surface area (TPSA) is 36.4 Å². The van der Waals surface area contributed by atoms with Crippen molar-refractivity contribution in [3.63, 3.8) is 0 Å². The van der Waals surface area contributed by atoms with Crippen LogP contribution in [0.5, 0.6) is 0 Å². The largest absolute Gasteiger partial charge is 0.339 e. The molecule has 0 radical (unpaired) electrons. The van der Waals surface area contributed by atoms with Crippen molar-refractivity contribution in [1.82, 2.24) is 14.8 Å². The van der Waals surface area contributed by atoms with Crippen molar-refractivity contribution in [2.75, 3.05) is 26.2 Å². The highest BCUT2D eigenvalue weighted by Crippen LogP contribution is 2.49. The molecule has 2 aliphatic rings. The predicted molar refractivity (Wildman–Crippen MR) is 101 cm³/mol. The summed E-state index contributed by atoms with van der Waals surface area (Å²) in [6, 6.07) is 12.3. The van der Waals surface area contributed by atoms with Crippen molar-refractivity contribution in [2.45, 2.75) is 24.8 Å². The molecule has 0 N–H and O–H groups in total. The zero-order valence-electron chi connectivity index (χ0n) is 14.2. The molecule has 25 heavy (non-hydrogen) atoms. The highest BCUT2D eigenvalue weighted by Gasteiger charge is 2.53. The van der Waals surface area contributed by atoms with Crippen molar-refractivity contribution in [3.8, 4) is 0 Å². The van der Waals surface area contributed by atoms with Gasteiger partial charge in [-0.2, -0.15) is 0 Å².